The summed E-state index contributed by atoms with van der Waals surface area (Å²) in [6.45, 7) is 0.682. The van der Waals surface area contributed by atoms with Crippen LogP contribution in [0.3, 0.4) is 0 Å². The summed E-state index contributed by atoms with van der Waals surface area (Å²) in [6.07, 6.45) is 4.06. The lowest BCUT2D eigenvalue weighted by atomic mass is 10.1. The van der Waals surface area contributed by atoms with E-state index in [9.17, 15) is 9.59 Å². The smallest absolute Gasteiger partial charge is 0.239 e. The standard InChI is InChI=1S/C20H18N4O2/c25-19(22-10-9-14-11-21-13-23-14)12-24-17-7-3-1-5-15(17)20(26)16-6-2-4-8-18(16)24/h1-8,11,13H,9-10,12H2,(H,21,23)(H,22,25). The van der Waals surface area contributed by atoms with Crippen molar-refractivity contribution in [2.24, 2.45) is 0 Å². The third-order valence-corrected chi connectivity index (χ3v) is 4.45. The zero-order chi connectivity index (χ0) is 17.9. The predicted octanol–water partition coefficient (Wildman–Crippen LogP) is 2.24. The Hall–Kier alpha value is -3.41. The van der Waals surface area contributed by atoms with Gasteiger partial charge in [-0.05, 0) is 24.3 Å². The number of pyridine rings is 1. The lowest BCUT2D eigenvalue weighted by Crippen LogP contribution is -2.30. The molecule has 4 aromatic rings. The van der Waals surface area contributed by atoms with Crippen LogP contribution in [0.4, 0.5) is 0 Å². The number of nitrogens with zero attached hydrogens (tertiary/aromatic N) is 2. The van der Waals surface area contributed by atoms with Crippen LogP contribution in [0.1, 0.15) is 5.69 Å². The van der Waals surface area contributed by atoms with E-state index in [0.717, 1.165) is 16.7 Å². The van der Waals surface area contributed by atoms with Gasteiger partial charge in [0, 0.05) is 35.6 Å². The molecule has 1 amide bonds. The number of aromatic amines is 1. The average molecular weight is 346 g/mol. The fraction of sp³-hybridized carbons (Fsp3) is 0.150. The van der Waals surface area contributed by atoms with Crippen LogP contribution in [0.5, 0.6) is 0 Å². The highest BCUT2D eigenvalue weighted by atomic mass is 16.2. The first-order chi connectivity index (χ1) is 12.7. The van der Waals surface area contributed by atoms with E-state index in [1.165, 1.54) is 0 Å². The van der Waals surface area contributed by atoms with Gasteiger partial charge in [0.05, 0.1) is 17.4 Å². The van der Waals surface area contributed by atoms with Gasteiger partial charge in [-0.15, -0.1) is 0 Å². The van der Waals surface area contributed by atoms with Crippen LogP contribution in [-0.4, -0.2) is 27.0 Å². The van der Waals surface area contributed by atoms with Crippen molar-refractivity contribution in [2.75, 3.05) is 6.54 Å². The molecule has 0 spiro atoms. The Bertz CT molecular complexity index is 1070. The van der Waals surface area contributed by atoms with Crippen LogP contribution in [0.25, 0.3) is 21.8 Å². The largest absolute Gasteiger partial charge is 0.354 e. The molecule has 2 aromatic heterocycles. The van der Waals surface area contributed by atoms with Crippen molar-refractivity contribution in [1.82, 2.24) is 19.9 Å². The Morgan fingerprint density at radius 3 is 2.31 bits per heavy atom. The van der Waals surface area contributed by atoms with Crippen molar-refractivity contribution in [1.29, 1.82) is 0 Å². The first-order valence-corrected chi connectivity index (χ1v) is 8.48. The second-order valence-corrected chi connectivity index (χ2v) is 6.13. The highest BCUT2D eigenvalue weighted by Crippen LogP contribution is 2.18. The maximum absolute atomic E-state index is 12.7. The van der Waals surface area contributed by atoms with Crippen LogP contribution < -0.4 is 10.7 Å². The van der Waals surface area contributed by atoms with E-state index in [0.29, 0.717) is 23.7 Å². The van der Waals surface area contributed by atoms with Gasteiger partial charge in [0.1, 0.15) is 6.54 Å². The monoisotopic (exact) mass is 346 g/mol. The Morgan fingerprint density at radius 1 is 1.04 bits per heavy atom. The number of imidazole rings is 1. The molecule has 0 aliphatic heterocycles. The molecule has 6 heteroatoms. The van der Waals surface area contributed by atoms with Crippen molar-refractivity contribution in [3.63, 3.8) is 0 Å². The van der Waals surface area contributed by atoms with Gasteiger partial charge in [-0.25, -0.2) is 4.98 Å². The van der Waals surface area contributed by atoms with Gasteiger partial charge in [0.2, 0.25) is 5.91 Å². The number of carbonyl (C=O) groups is 1. The van der Waals surface area contributed by atoms with Gasteiger partial charge in [-0.3, -0.25) is 9.59 Å². The lowest BCUT2D eigenvalue weighted by molar-refractivity contribution is -0.121. The van der Waals surface area contributed by atoms with Gasteiger partial charge < -0.3 is 14.9 Å². The van der Waals surface area contributed by atoms with Crippen molar-refractivity contribution in [3.05, 3.63) is 77.0 Å². The summed E-state index contributed by atoms with van der Waals surface area (Å²) in [7, 11) is 0. The number of aromatic nitrogens is 3. The van der Waals surface area contributed by atoms with E-state index in [2.05, 4.69) is 15.3 Å². The molecule has 0 aliphatic rings. The van der Waals surface area contributed by atoms with Crippen LogP contribution in [0, 0.1) is 0 Å². The van der Waals surface area contributed by atoms with E-state index < -0.39 is 0 Å². The summed E-state index contributed by atoms with van der Waals surface area (Å²) in [5.74, 6) is -0.0940. The SMILES string of the molecule is O=C(Cn1c2ccccc2c(=O)c2ccccc21)NCCc1cnc[nH]1. The second-order valence-electron chi connectivity index (χ2n) is 6.13. The molecule has 0 aliphatic carbocycles. The number of benzene rings is 2. The number of nitrogens with one attached hydrogen (secondary N) is 2. The first-order valence-electron chi connectivity index (χ1n) is 8.48. The maximum Gasteiger partial charge on any atom is 0.239 e. The van der Waals surface area contributed by atoms with E-state index in [-0.39, 0.29) is 17.9 Å². The van der Waals surface area contributed by atoms with E-state index in [1.54, 1.807) is 24.7 Å². The van der Waals surface area contributed by atoms with Gasteiger partial charge >= 0.3 is 0 Å². The first kappa shape index (κ1) is 16.1. The maximum atomic E-state index is 12.7. The van der Waals surface area contributed by atoms with Gasteiger partial charge in [-0.1, -0.05) is 24.3 Å². The lowest BCUT2D eigenvalue weighted by Gasteiger charge is -2.15. The molecule has 0 bridgehead atoms. The topological polar surface area (TPSA) is 79.8 Å². The molecule has 0 fully saturated rings. The van der Waals surface area contributed by atoms with Crippen LogP contribution in [0.2, 0.25) is 0 Å². The summed E-state index contributed by atoms with van der Waals surface area (Å²) >= 11 is 0. The van der Waals surface area contributed by atoms with E-state index >= 15 is 0 Å². The second kappa shape index (κ2) is 6.84. The van der Waals surface area contributed by atoms with Crippen molar-refractivity contribution >= 4 is 27.7 Å². The number of hydrogen-bond donors (Lipinski definition) is 2. The van der Waals surface area contributed by atoms with Crippen LogP contribution in [-0.2, 0) is 17.8 Å². The van der Waals surface area contributed by atoms with Crippen molar-refractivity contribution < 1.29 is 4.79 Å². The Morgan fingerprint density at radius 2 is 1.69 bits per heavy atom. The Kier molecular flexibility index (Phi) is 4.23. The van der Waals surface area contributed by atoms with Crippen LogP contribution in [0.15, 0.2) is 65.8 Å². The zero-order valence-electron chi connectivity index (χ0n) is 14.1. The Balaban J connectivity index is 1.65. The molecular formula is C20H18N4O2. The molecule has 0 saturated heterocycles. The van der Waals surface area contributed by atoms with Crippen molar-refractivity contribution in [3.8, 4) is 0 Å². The fourth-order valence-electron chi connectivity index (χ4n) is 3.20. The normalized spacial score (nSPS) is 11.1. The number of hydrogen-bond acceptors (Lipinski definition) is 3. The number of fused-ring (bicyclic) bond motifs is 2. The molecule has 0 saturated carbocycles. The summed E-state index contributed by atoms with van der Waals surface area (Å²) < 4.78 is 1.90. The molecule has 4 rings (SSSR count). The van der Waals surface area contributed by atoms with Crippen molar-refractivity contribution in [2.45, 2.75) is 13.0 Å². The summed E-state index contributed by atoms with van der Waals surface area (Å²) in [6, 6.07) is 14.8. The number of rotatable bonds is 5. The zero-order valence-corrected chi connectivity index (χ0v) is 14.1. The molecule has 0 radical (unpaired) electrons. The average Bonchev–Trinajstić information content (AvgIpc) is 3.19. The third-order valence-electron chi connectivity index (χ3n) is 4.45. The van der Waals surface area contributed by atoms with Gasteiger partial charge in [0.25, 0.3) is 0 Å². The quantitative estimate of drug-likeness (QED) is 0.544. The Labute approximate surface area is 149 Å². The molecule has 6 nitrogen and oxygen atoms in total. The number of amides is 1. The predicted molar refractivity (Wildman–Crippen MR) is 101 cm³/mol. The minimum absolute atomic E-state index is 0.00731. The molecule has 2 aromatic carbocycles. The minimum atomic E-state index is -0.0940. The molecular weight excluding hydrogens is 328 g/mol. The molecule has 2 heterocycles. The number of H-pyrrole nitrogens is 1. The molecule has 26 heavy (non-hydrogen) atoms. The van der Waals surface area contributed by atoms with Crippen LogP contribution >= 0.6 is 0 Å². The van der Waals surface area contributed by atoms with E-state index in [4.69, 9.17) is 0 Å². The molecule has 2 N–H and O–H groups in total. The van der Waals surface area contributed by atoms with E-state index in [1.807, 2.05) is 41.0 Å². The molecule has 0 unspecified atom stereocenters. The summed E-state index contributed by atoms with van der Waals surface area (Å²) in [4.78, 5) is 32.2. The summed E-state index contributed by atoms with van der Waals surface area (Å²) in [5, 5.41) is 4.17. The minimum Gasteiger partial charge on any atom is -0.354 e. The third kappa shape index (κ3) is 2.97. The number of para-hydroxylation sites is 2. The van der Waals surface area contributed by atoms with Gasteiger partial charge in [-0.2, -0.15) is 0 Å². The summed E-state index contributed by atoms with van der Waals surface area (Å²) in [5.41, 5.74) is 2.50. The molecule has 130 valence electrons. The fourth-order valence-corrected chi connectivity index (χ4v) is 3.20. The van der Waals surface area contributed by atoms with Gasteiger partial charge in [0.15, 0.2) is 5.43 Å². The molecule has 0 atom stereocenters. The highest BCUT2D eigenvalue weighted by Gasteiger charge is 2.12. The highest BCUT2D eigenvalue weighted by molar-refractivity contribution is 5.94. The number of carbonyl (C=O) groups excluding carboxylic acids is 1.